The van der Waals surface area contributed by atoms with E-state index in [2.05, 4.69) is 4.98 Å². The molecule has 1 aromatic heterocycles. The van der Waals surface area contributed by atoms with Crippen molar-refractivity contribution in [2.45, 2.75) is 6.54 Å². The van der Waals surface area contributed by atoms with Crippen LogP contribution in [-0.4, -0.2) is 4.98 Å². The molecular formula is C12H10F2N2O. The Balaban J connectivity index is 2.19. The molecule has 0 atom stereocenters. The normalized spacial score (nSPS) is 10.3. The van der Waals surface area contributed by atoms with Gasteiger partial charge >= 0.3 is 0 Å². The third kappa shape index (κ3) is 2.98. The number of rotatable bonds is 3. The van der Waals surface area contributed by atoms with Crippen LogP contribution in [0.5, 0.6) is 11.6 Å². The van der Waals surface area contributed by atoms with Gasteiger partial charge in [0.2, 0.25) is 5.88 Å². The molecule has 3 nitrogen and oxygen atoms in total. The maximum absolute atomic E-state index is 12.9. The molecule has 0 spiro atoms. The SMILES string of the molecule is NCc1ccc(Oc2cc(F)cc(F)c2)nc1. The Labute approximate surface area is 96.9 Å². The van der Waals surface area contributed by atoms with Crippen molar-refractivity contribution >= 4 is 0 Å². The van der Waals surface area contributed by atoms with Crippen LogP contribution in [0.3, 0.4) is 0 Å². The summed E-state index contributed by atoms with van der Waals surface area (Å²) in [7, 11) is 0. The number of nitrogens with two attached hydrogens (primary N) is 1. The number of halogens is 2. The van der Waals surface area contributed by atoms with E-state index in [1.54, 1.807) is 18.3 Å². The van der Waals surface area contributed by atoms with Crippen LogP contribution < -0.4 is 10.5 Å². The van der Waals surface area contributed by atoms with Gasteiger partial charge in [0, 0.05) is 37.0 Å². The van der Waals surface area contributed by atoms with E-state index < -0.39 is 11.6 Å². The van der Waals surface area contributed by atoms with E-state index in [-0.39, 0.29) is 11.6 Å². The molecule has 88 valence electrons. The topological polar surface area (TPSA) is 48.1 Å². The highest BCUT2D eigenvalue weighted by molar-refractivity contribution is 5.29. The molecular weight excluding hydrogens is 226 g/mol. The van der Waals surface area contributed by atoms with Gasteiger partial charge in [-0.3, -0.25) is 0 Å². The van der Waals surface area contributed by atoms with Gasteiger partial charge in [-0.1, -0.05) is 6.07 Å². The van der Waals surface area contributed by atoms with Crippen LogP contribution in [-0.2, 0) is 6.54 Å². The number of benzene rings is 1. The average molecular weight is 236 g/mol. The number of nitrogens with zero attached hydrogens (tertiary/aromatic N) is 1. The van der Waals surface area contributed by atoms with Gasteiger partial charge in [0.25, 0.3) is 0 Å². The smallest absolute Gasteiger partial charge is 0.219 e. The van der Waals surface area contributed by atoms with E-state index in [0.717, 1.165) is 23.8 Å². The quantitative estimate of drug-likeness (QED) is 0.891. The highest BCUT2D eigenvalue weighted by Crippen LogP contribution is 2.21. The standard InChI is InChI=1S/C12H10F2N2O/c13-9-3-10(14)5-11(4-9)17-12-2-1-8(6-15)7-16-12/h1-5,7H,6,15H2. The molecule has 0 saturated heterocycles. The van der Waals surface area contributed by atoms with E-state index in [1.165, 1.54) is 0 Å². The van der Waals surface area contributed by atoms with E-state index in [4.69, 9.17) is 10.5 Å². The Bertz CT molecular complexity index is 494. The predicted octanol–water partition coefficient (Wildman–Crippen LogP) is 2.61. The van der Waals surface area contributed by atoms with E-state index in [1.807, 2.05) is 0 Å². The van der Waals surface area contributed by atoms with Crippen LogP contribution >= 0.6 is 0 Å². The highest BCUT2D eigenvalue weighted by Gasteiger charge is 2.03. The molecule has 0 radical (unpaired) electrons. The summed E-state index contributed by atoms with van der Waals surface area (Å²) < 4.78 is 31.0. The minimum absolute atomic E-state index is 0.0653. The van der Waals surface area contributed by atoms with Gasteiger partial charge in [0.05, 0.1) is 0 Å². The third-order valence-corrected chi connectivity index (χ3v) is 2.09. The molecule has 17 heavy (non-hydrogen) atoms. The molecule has 2 N–H and O–H groups in total. The molecule has 0 amide bonds. The molecule has 0 saturated carbocycles. The first-order valence-corrected chi connectivity index (χ1v) is 4.96. The van der Waals surface area contributed by atoms with Crippen LogP contribution in [0.4, 0.5) is 8.78 Å². The number of pyridine rings is 1. The molecule has 1 heterocycles. The summed E-state index contributed by atoms with van der Waals surface area (Å²) in [5.74, 6) is -1.07. The van der Waals surface area contributed by atoms with Gasteiger partial charge in [0.15, 0.2) is 0 Å². The number of hydrogen-bond donors (Lipinski definition) is 1. The molecule has 1 aromatic carbocycles. The predicted molar refractivity (Wildman–Crippen MR) is 58.6 cm³/mol. The Morgan fingerprint density at radius 1 is 1.12 bits per heavy atom. The molecule has 2 aromatic rings. The molecule has 5 heteroatoms. The van der Waals surface area contributed by atoms with Crippen molar-refractivity contribution in [3.05, 3.63) is 53.7 Å². The van der Waals surface area contributed by atoms with E-state index >= 15 is 0 Å². The summed E-state index contributed by atoms with van der Waals surface area (Å²) >= 11 is 0. The summed E-state index contributed by atoms with van der Waals surface area (Å²) in [6.45, 7) is 0.377. The lowest BCUT2D eigenvalue weighted by Crippen LogP contribution is -1.97. The summed E-state index contributed by atoms with van der Waals surface area (Å²) in [6.07, 6.45) is 1.55. The monoisotopic (exact) mass is 236 g/mol. The van der Waals surface area contributed by atoms with Gasteiger partial charge < -0.3 is 10.5 Å². The molecule has 0 aliphatic heterocycles. The van der Waals surface area contributed by atoms with Gasteiger partial charge in [-0.25, -0.2) is 13.8 Å². The minimum Gasteiger partial charge on any atom is -0.439 e. The lowest BCUT2D eigenvalue weighted by atomic mass is 10.3. The van der Waals surface area contributed by atoms with Crippen LogP contribution in [0.25, 0.3) is 0 Å². The molecule has 0 fully saturated rings. The summed E-state index contributed by atoms with van der Waals surface area (Å²) in [5.41, 5.74) is 6.26. The molecule has 0 bridgehead atoms. The fraction of sp³-hybridized carbons (Fsp3) is 0.0833. The molecule has 0 unspecified atom stereocenters. The van der Waals surface area contributed by atoms with Crippen LogP contribution in [0, 0.1) is 11.6 Å². The average Bonchev–Trinajstić information content (AvgIpc) is 2.28. The summed E-state index contributed by atoms with van der Waals surface area (Å²) in [4.78, 5) is 3.96. The lowest BCUT2D eigenvalue weighted by molar-refractivity contribution is 0.451. The van der Waals surface area contributed by atoms with E-state index in [9.17, 15) is 8.78 Å². The second kappa shape index (κ2) is 4.88. The Morgan fingerprint density at radius 2 is 1.82 bits per heavy atom. The first kappa shape index (κ1) is 11.5. The molecule has 0 aliphatic carbocycles. The fourth-order valence-corrected chi connectivity index (χ4v) is 1.30. The first-order valence-electron chi connectivity index (χ1n) is 4.96. The number of aromatic nitrogens is 1. The first-order chi connectivity index (χ1) is 8.17. The van der Waals surface area contributed by atoms with Gasteiger partial charge in [0.1, 0.15) is 17.4 Å². The lowest BCUT2D eigenvalue weighted by Gasteiger charge is -2.05. The third-order valence-electron chi connectivity index (χ3n) is 2.09. The number of hydrogen-bond acceptors (Lipinski definition) is 3. The van der Waals surface area contributed by atoms with Crippen molar-refractivity contribution in [1.29, 1.82) is 0 Å². The Morgan fingerprint density at radius 3 is 2.35 bits per heavy atom. The van der Waals surface area contributed by atoms with Gasteiger partial charge in [-0.05, 0) is 5.56 Å². The number of ether oxygens (including phenoxy) is 1. The van der Waals surface area contributed by atoms with Gasteiger partial charge in [-0.15, -0.1) is 0 Å². The van der Waals surface area contributed by atoms with Crippen LogP contribution in [0.15, 0.2) is 36.5 Å². The zero-order chi connectivity index (χ0) is 12.3. The summed E-state index contributed by atoms with van der Waals surface area (Å²) in [6, 6.07) is 6.27. The maximum Gasteiger partial charge on any atom is 0.219 e. The van der Waals surface area contributed by atoms with Gasteiger partial charge in [-0.2, -0.15) is 0 Å². The fourth-order valence-electron chi connectivity index (χ4n) is 1.30. The maximum atomic E-state index is 12.9. The Kier molecular flexibility index (Phi) is 3.30. The van der Waals surface area contributed by atoms with Crippen molar-refractivity contribution in [2.75, 3.05) is 0 Å². The minimum atomic E-state index is -0.696. The second-order valence-corrected chi connectivity index (χ2v) is 3.42. The molecule has 0 aliphatic rings. The van der Waals surface area contributed by atoms with Crippen molar-refractivity contribution in [3.8, 4) is 11.6 Å². The van der Waals surface area contributed by atoms with Crippen molar-refractivity contribution < 1.29 is 13.5 Å². The van der Waals surface area contributed by atoms with Crippen LogP contribution in [0.1, 0.15) is 5.56 Å². The van der Waals surface area contributed by atoms with Crippen LogP contribution in [0.2, 0.25) is 0 Å². The summed E-state index contributed by atoms with van der Waals surface area (Å²) in [5, 5.41) is 0. The highest BCUT2D eigenvalue weighted by atomic mass is 19.1. The zero-order valence-corrected chi connectivity index (χ0v) is 8.86. The van der Waals surface area contributed by atoms with Crippen molar-refractivity contribution in [1.82, 2.24) is 4.98 Å². The van der Waals surface area contributed by atoms with E-state index in [0.29, 0.717) is 6.54 Å². The molecule has 2 rings (SSSR count). The van der Waals surface area contributed by atoms with Crippen molar-refractivity contribution in [3.63, 3.8) is 0 Å². The van der Waals surface area contributed by atoms with Crippen molar-refractivity contribution in [2.24, 2.45) is 5.73 Å². The Hall–Kier alpha value is -2.01. The second-order valence-electron chi connectivity index (χ2n) is 3.42. The largest absolute Gasteiger partial charge is 0.439 e. The zero-order valence-electron chi connectivity index (χ0n) is 8.86.